The predicted octanol–water partition coefficient (Wildman–Crippen LogP) is 1.02. The molecule has 5 nitrogen and oxygen atoms in total. The van der Waals surface area contributed by atoms with E-state index in [9.17, 15) is 9.59 Å². The first-order valence-electron chi connectivity index (χ1n) is 4.66. The molecule has 1 aromatic heterocycles. The molecule has 16 heavy (non-hydrogen) atoms. The van der Waals surface area contributed by atoms with Gasteiger partial charge in [-0.15, -0.1) is 0 Å². The number of hydrogen-bond acceptors (Lipinski definition) is 3. The van der Waals surface area contributed by atoms with Gasteiger partial charge in [0.1, 0.15) is 5.56 Å². The van der Waals surface area contributed by atoms with Crippen LogP contribution in [0.25, 0.3) is 0 Å². The minimum Gasteiger partial charge on any atom is -0.322 e. The van der Waals surface area contributed by atoms with Gasteiger partial charge in [-0.25, -0.2) is 4.98 Å². The molecule has 2 aromatic rings. The maximum atomic E-state index is 11.7. The first kappa shape index (κ1) is 10.1. The molecule has 0 atom stereocenters. The minimum absolute atomic E-state index is 0.00801. The van der Waals surface area contributed by atoms with Crippen molar-refractivity contribution in [3.05, 3.63) is 58.8 Å². The molecule has 1 amide bonds. The summed E-state index contributed by atoms with van der Waals surface area (Å²) in [4.78, 5) is 29.0. The molecule has 0 radical (unpaired) electrons. The minimum atomic E-state index is -0.472. The SMILES string of the molecule is O=C(Nc1ccccc1)c1cnc[nH]c1=O. The van der Waals surface area contributed by atoms with Crippen LogP contribution in [0.2, 0.25) is 0 Å². The summed E-state index contributed by atoms with van der Waals surface area (Å²) in [6.07, 6.45) is 2.47. The third-order valence-corrected chi connectivity index (χ3v) is 1.99. The molecule has 1 aromatic carbocycles. The Morgan fingerprint density at radius 1 is 1.25 bits per heavy atom. The molecule has 0 aliphatic rings. The van der Waals surface area contributed by atoms with Crippen molar-refractivity contribution in [1.29, 1.82) is 0 Å². The number of para-hydroxylation sites is 1. The molecule has 0 aliphatic heterocycles. The van der Waals surface area contributed by atoms with E-state index in [0.717, 1.165) is 0 Å². The standard InChI is InChI=1S/C11H9N3O2/c15-10-9(6-12-7-13-10)11(16)14-8-4-2-1-3-5-8/h1-7H,(H,14,16)(H,12,13,15). The summed E-state index contributed by atoms with van der Waals surface area (Å²) < 4.78 is 0. The van der Waals surface area contributed by atoms with Crippen LogP contribution < -0.4 is 10.9 Å². The van der Waals surface area contributed by atoms with Gasteiger partial charge in [-0.1, -0.05) is 18.2 Å². The lowest BCUT2D eigenvalue weighted by atomic mass is 10.3. The summed E-state index contributed by atoms with van der Waals surface area (Å²) in [6.45, 7) is 0. The van der Waals surface area contributed by atoms with Crippen LogP contribution in [-0.2, 0) is 0 Å². The summed E-state index contributed by atoms with van der Waals surface area (Å²) in [5.41, 5.74) is 0.172. The number of H-pyrrole nitrogens is 1. The predicted molar refractivity (Wildman–Crippen MR) is 59.3 cm³/mol. The molecule has 1 heterocycles. The second kappa shape index (κ2) is 4.39. The van der Waals surface area contributed by atoms with E-state index in [1.165, 1.54) is 12.5 Å². The van der Waals surface area contributed by atoms with Crippen LogP contribution in [0.4, 0.5) is 5.69 Å². The molecule has 80 valence electrons. The van der Waals surface area contributed by atoms with Crippen LogP contribution in [0.1, 0.15) is 10.4 Å². The zero-order valence-corrected chi connectivity index (χ0v) is 8.31. The van der Waals surface area contributed by atoms with Crippen LogP contribution in [-0.4, -0.2) is 15.9 Å². The molecule has 0 spiro atoms. The third-order valence-electron chi connectivity index (χ3n) is 1.99. The first-order chi connectivity index (χ1) is 7.77. The van der Waals surface area contributed by atoms with E-state index >= 15 is 0 Å². The normalized spacial score (nSPS) is 9.75. The molecular formula is C11H9N3O2. The highest BCUT2D eigenvalue weighted by Gasteiger charge is 2.09. The van der Waals surface area contributed by atoms with Gasteiger partial charge in [0.15, 0.2) is 0 Å². The monoisotopic (exact) mass is 215 g/mol. The Balaban J connectivity index is 2.22. The Morgan fingerprint density at radius 3 is 2.69 bits per heavy atom. The Kier molecular flexibility index (Phi) is 2.77. The number of nitrogens with one attached hydrogen (secondary N) is 2. The molecule has 0 aliphatic carbocycles. The summed E-state index contributed by atoms with van der Waals surface area (Å²) in [6, 6.07) is 8.91. The lowest BCUT2D eigenvalue weighted by Crippen LogP contribution is -2.23. The van der Waals surface area contributed by atoms with E-state index in [2.05, 4.69) is 15.3 Å². The Bertz CT molecular complexity index is 548. The van der Waals surface area contributed by atoms with E-state index in [1.807, 2.05) is 6.07 Å². The van der Waals surface area contributed by atoms with Crippen molar-refractivity contribution in [1.82, 2.24) is 9.97 Å². The number of amides is 1. The lowest BCUT2D eigenvalue weighted by Gasteiger charge is -2.02. The molecule has 2 rings (SSSR count). The molecule has 5 heteroatoms. The number of benzene rings is 1. The zero-order valence-electron chi connectivity index (χ0n) is 8.31. The number of anilines is 1. The van der Waals surface area contributed by atoms with Crippen molar-refractivity contribution < 1.29 is 4.79 Å². The highest BCUT2D eigenvalue weighted by Crippen LogP contribution is 2.05. The smallest absolute Gasteiger partial charge is 0.263 e. The lowest BCUT2D eigenvalue weighted by molar-refractivity contribution is 0.102. The fourth-order valence-electron chi connectivity index (χ4n) is 1.23. The fraction of sp³-hybridized carbons (Fsp3) is 0. The van der Waals surface area contributed by atoms with Crippen molar-refractivity contribution in [3.8, 4) is 0 Å². The first-order valence-corrected chi connectivity index (χ1v) is 4.66. The van der Waals surface area contributed by atoms with Gasteiger partial charge in [0.05, 0.1) is 6.33 Å². The number of hydrogen-bond donors (Lipinski definition) is 2. The van der Waals surface area contributed by atoms with E-state index in [4.69, 9.17) is 0 Å². The number of carbonyl (C=O) groups excluding carboxylic acids is 1. The maximum Gasteiger partial charge on any atom is 0.263 e. The molecule has 0 saturated carbocycles. The van der Waals surface area contributed by atoms with Gasteiger partial charge in [0, 0.05) is 11.9 Å². The van der Waals surface area contributed by atoms with Crippen molar-refractivity contribution in [2.45, 2.75) is 0 Å². The number of rotatable bonds is 2. The summed E-state index contributed by atoms with van der Waals surface area (Å²) in [7, 11) is 0. The van der Waals surface area contributed by atoms with Gasteiger partial charge in [-0.05, 0) is 12.1 Å². The average Bonchev–Trinajstić information content (AvgIpc) is 2.31. The van der Waals surface area contributed by atoms with E-state index in [1.54, 1.807) is 24.3 Å². The quantitative estimate of drug-likeness (QED) is 0.785. The van der Waals surface area contributed by atoms with Gasteiger partial charge in [-0.2, -0.15) is 0 Å². The van der Waals surface area contributed by atoms with Crippen LogP contribution in [0.5, 0.6) is 0 Å². The number of aromatic amines is 1. The number of nitrogens with zero attached hydrogens (tertiary/aromatic N) is 1. The van der Waals surface area contributed by atoms with Gasteiger partial charge in [-0.3, -0.25) is 9.59 Å². The van der Waals surface area contributed by atoms with Crippen molar-refractivity contribution in [3.63, 3.8) is 0 Å². The highest BCUT2D eigenvalue weighted by molar-refractivity contribution is 6.03. The Labute approximate surface area is 91.2 Å². The van der Waals surface area contributed by atoms with E-state index in [-0.39, 0.29) is 5.56 Å². The second-order valence-corrected chi connectivity index (χ2v) is 3.11. The molecule has 0 unspecified atom stereocenters. The van der Waals surface area contributed by atoms with E-state index < -0.39 is 11.5 Å². The molecular weight excluding hydrogens is 206 g/mol. The van der Waals surface area contributed by atoms with Gasteiger partial charge in [0.2, 0.25) is 0 Å². The molecule has 2 N–H and O–H groups in total. The highest BCUT2D eigenvalue weighted by atomic mass is 16.2. The van der Waals surface area contributed by atoms with Gasteiger partial charge < -0.3 is 10.3 Å². The fourth-order valence-corrected chi connectivity index (χ4v) is 1.23. The average molecular weight is 215 g/mol. The van der Waals surface area contributed by atoms with Crippen LogP contribution in [0, 0.1) is 0 Å². The van der Waals surface area contributed by atoms with Gasteiger partial charge >= 0.3 is 0 Å². The maximum absolute atomic E-state index is 11.7. The van der Waals surface area contributed by atoms with Crippen molar-refractivity contribution in [2.75, 3.05) is 5.32 Å². The van der Waals surface area contributed by atoms with Crippen LogP contribution in [0.3, 0.4) is 0 Å². The van der Waals surface area contributed by atoms with Crippen LogP contribution in [0.15, 0.2) is 47.7 Å². The molecule has 0 fully saturated rings. The summed E-state index contributed by atoms with van der Waals surface area (Å²) >= 11 is 0. The zero-order chi connectivity index (χ0) is 11.4. The number of aromatic nitrogens is 2. The summed E-state index contributed by atoms with van der Waals surface area (Å²) in [5, 5.41) is 2.60. The van der Waals surface area contributed by atoms with Crippen molar-refractivity contribution >= 4 is 11.6 Å². The molecule has 0 bridgehead atoms. The third kappa shape index (κ3) is 2.14. The van der Waals surface area contributed by atoms with Crippen LogP contribution >= 0.6 is 0 Å². The topological polar surface area (TPSA) is 74.8 Å². The Hall–Kier alpha value is -2.43. The van der Waals surface area contributed by atoms with Crippen molar-refractivity contribution in [2.24, 2.45) is 0 Å². The van der Waals surface area contributed by atoms with E-state index in [0.29, 0.717) is 5.69 Å². The molecule has 0 saturated heterocycles. The van der Waals surface area contributed by atoms with Gasteiger partial charge in [0.25, 0.3) is 11.5 Å². The number of carbonyl (C=O) groups is 1. The Morgan fingerprint density at radius 2 is 2.00 bits per heavy atom. The summed E-state index contributed by atoms with van der Waals surface area (Å²) in [5.74, 6) is -0.472. The second-order valence-electron chi connectivity index (χ2n) is 3.11. The largest absolute Gasteiger partial charge is 0.322 e.